The van der Waals surface area contributed by atoms with Crippen molar-refractivity contribution in [1.29, 1.82) is 0 Å². The van der Waals surface area contributed by atoms with E-state index < -0.39 is 0 Å². The highest BCUT2D eigenvalue weighted by atomic mass is 16.2. The molecule has 6 nitrogen and oxygen atoms in total. The Morgan fingerprint density at radius 1 is 1.17 bits per heavy atom. The Labute approximate surface area is 140 Å². The number of hydrogen-bond acceptors (Lipinski definition) is 4. The van der Waals surface area contributed by atoms with Gasteiger partial charge in [-0.05, 0) is 54.7 Å². The fraction of sp³-hybridized carbons (Fsp3) is 0.278. The summed E-state index contributed by atoms with van der Waals surface area (Å²) in [5.74, 6) is -0.112. The van der Waals surface area contributed by atoms with Crippen LogP contribution in [0.5, 0.6) is 0 Å². The van der Waals surface area contributed by atoms with E-state index in [9.17, 15) is 9.59 Å². The Kier molecular flexibility index (Phi) is 4.57. The third kappa shape index (κ3) is 3.78. The molecule has 0 aliphatic heterocycles. The van der Waals surface area contributed by atoms with Crippen LogP contribution in [0.3, 0.4) is 0 Å². The summed E-state index contributed by atoms with van der Waals surface area (Å²) in [6.45, 7) is 1.40. The van der Waals surface area contributed by atoms with Crippen molar-refractivity contribution in [3.63, 3.8) is 0 Å². The minimum absolute atomic E-state index is 0.224. The number of rotatable bonds is 3. The van der Waals surface area contributed by atoms with E-state index in [1.807, 2.05) is 18.2 Å². The molecule has 1 aromatic carbocycles. The van der Waals surface area contributed by atoms with Gasteiger partial charge in [-0.1, -0.05) is 6.07 Å². The number of nitrogens with one attached hydrogen (secondary N) is 2. The number of nitrogens with two attached hydrogens (primary N) is 1. The lowest BCUT2D eigenvalue weighted by Crippen LogP contribution is -2.27. The van der Waals surface area contributed by atoms with E-state index in [1.54, 1.807) is 12.1 Å². The maximum absolute atomic E-state index is 12.4. The van der Waals surface area contributed by atoms with Crippen LogP contribution < -0.4 is 16.4 Å². The highest BCUT2D eigenvalue weighted by Gasteiger charge is 2.16. The second-order valence-electron chi connectivity index (χ2n) is 6.05. The molecule has 4 N–H and O–H groups in total. The molecule has 2 amide bonds. The molecule has 1 aliphatic rings. The van der Waals surface area contributed by atoms with Crippen LogP contribution in [0.1, 0.15) is 34.8 Å². The summed E-state index contributed by atoms with van der Waals surface area (Å²) in [7, 11) is 0. The fourth-order valence-electron chi connectivity index (χ4n) is 2.88. The number of carbonyl (C=O) groups is 2. The highest BCUT2D eigenvalue weighted by Crippen LogP contribution is 2.24. The second-order valence-corrected chi connectivity index (χ2v) is 6.05. The zero-order valence-electron chi connectivity index (χ0n) is 13.5. The van der Waals surface area contributed by atoms with Gasteiger partial charge in [-0.2, -0.15) is 0 Å². The Balaban J connectivity index is 1.74. The zero-order chi connectivity index (χ0) is 17.1. The third-order valence-electron chi connectivity index (χ3n) is 4.06. The topological polar surface area (TPSA) is 97.1 Å². The summed E-state index contributed by atoms with van der Waals surface area (Å²) in [4.78, 5) is 27.5. The average molecular weight is 324 g/mol. The molecule has 0 fully saturated rings. The third-order valence-corrected chi connectivity index (χ3v) is 4.06. The van der Waals surface area contributed by atoms with Crippen molar-refractivity contribution in [2.75, 3.05) is 10.6 Å². The quantitative estimate of drug-likeness (QED) is 0.805. The molecule has 1 atom stereocenters. The molecule has 1 aromatic heterocycles. The molecular formula is C18H20N4O2. The number of hydrogen-bond donors (Lipinski definition) is 3. The first-order valence-corrected chi connectivity index (χ1v) is 7.93. The molecule has 0 saturated heterocycles. The number of fused-ring (bicyclic) bond motifs is 1. The molecule has 24 heavy (non-hydrogen) atoms. The van der Waals surface area contributed by atoms with Crippen LogP contribution in [-0.4, -0.2) is 22.8 Å². The SMILES string of the molecule is CC(=O)Nc1cc(C(=O)Nc2ccc3c(c2)CC[C@H](N)C3)ccn1. The van der Waals surface area contributed by atoms with Gasteiger partial charge < -0.3 is 16.4 Å². The van der Waals surface area contributed by atoms with Crippen molar-refractivity contribution in [2.24, 2.45) is 5.73 Å². The maximum atomic E-state index is 12.4. The summed E-state index contributed by atoms with van der Waals surface area (Å²) in [6.07, 6.45) is 4.28. The number of aromatic nitrogens is 1. The predicted octanol–water partition coefficient (Wildman–Crippen LogP) is 2.11. The number of anilines is 2. The first kappa shape index (κ1) is 16.1. The van der Waals surface area contributed by atoms with Gasteiger partial charge in [0.1, 0.15) is 5.82 Å². The van der Waals surface area contributed by atoms with Gasteiger partial charge in [0, 0.05) is 30.4 Å². The molecular weight excluding hydrogens is 304 g/mol. The van der Waals surface area contributed by atoms with Crippen LogP contribution >= 0.6 is 0 Å². The zero-order valence-corrected chi connectivity index (χ0v) is 13.5. The number of amides is 2. The molecule has 1 heterocycles. The molecule has 0 radical (unpaired) electrons. The minimum Gasteiger partial charge on any atom is -0.327 e. The van der Waals surface area contributed by atoms with E-state index in [1.165, 1.54) is 24.2 Å². The standard InChI is InChI=1S/C18H20N4O2/c1-11(23)21-17-10-14(6-7-20-17)18(24)22-16-5-3-12-8-15(19)4-2-13(12)9-16/h3,5-7,9-10,15H,2,4,8,19H2,1H3,(H,22,24)(H,20,21,23)/t15-/m0/s1. The van der Waals surface area contributed by atoms with Crippen LogP contribution in [0.25, 0.3) is 0 Å². The second kappa shape index (κ2) is 6.80. The largest absolute Gasteiger partial charge is 0.327 e. The van der Waals surface area contributed by atoms with Crippen molar-refractivity contribution in [3.8, 4) is 0 Å². The van der Waals surface area contributed by atoms with Crippen molar-refractivity contribution < 1.29 is 9.59 Å². The summed E-state index contributed by atoms with van der Waals surface area (Å²) in [5, 5.41) is 5.46. The average Bonchev–Trinajstić information content (AvgIpc) is 2.54. The maximum Gasteiger partial charge on any atom is 0.255 e. The summed E-state index contributed by atoms with van der Waals surface area (Å²) in [6, 6.07) is 9.31. The van der Waals surface area contributed by atoms with E-state index in [4.69, 9.17) is 5.73 Å². The van der Waals surface area contributed by atoms with Crippen molar-refractivity contribution in [3.05, 3.63) is 53.2 Å². The van der Waals surface area contributed by atoms with Gasteiger partial charge in [0.2, 0.25) is 5.91 Å². The van der Waals surface area contributed by atoms with Crippen molar-refractivity contribution in [2.45, 2.75) is 32.2 Å². The smallest absolute Gasteiger partial charge is 0.255 e. The molecule has 0 bridgehead atoms. The summed E-state index contributed by atoms with van der Waals surface area (Å²) < 4.78 is 0. The summed E-state index contributed by atoms with van der Waals surface area (Å²) in [5.41, 5.74) is 9.67. The molecule has 124 valence electrons. The van der Waals surface area contributed by atoms with Gasteiger partial charge in [-0.25, -0.2) is 4.98 Å². The number of aryl methyl sites for hydroxylation is 1. The first-order chi connectivity index (χ1) is 11.5. The van der Waals surface area contributed by atoms with Gasteiger partial charge >= 0.3 is 0 Å². The van der Waals surface area contributed by atoms with Gasteiger partial charge in [-0.15, -0.1) is 0 Å². The lowest BCUT2D eigenvalue weighted by molar-refractivity contribution is -0.114. The van der Waals surface area contributed by atoms with Gasteiger partial charge in [0.05, 0.1) is 0 Å². The van der Waals surface area contributed by atoms with Gasteiger partial charge in [0.25, 0.3) is 5.91 Å². The highest BCUT2D eigenvalue weighted by molar-refractivity contribution is 6.05. The summed E-state index contributed by atoms with van der Waals surface area (Å²) >= 11 is 0. The lowest BCUT2D eigenvalue weighted by atomic mass is 9.88. The molecule has 0 spiro atoms. The Bertz CT molecular complexity index is 788. The first-order valence-electron chi connectivity index (χ1n) is 7.93. The van der Waals surface area contributed by atoms with Crippen LogP contribution in [0, 0.1) is 0 Å². The van der Waals surface area contributed by atoms with Crippen molar-refractivity contribution in [1.82, 2.24) is 4.98 Å². The fourth-order valence-corrected chi connectivity index (χ4v) is 2.88. The normalized spacial score (nSPS) is 16.2. The van der Waals surface area contributed by atoms with E-state index in [-0.39, 0.29) is 17.9 Å². The molecule has 0 saturated carbocycles. The van der Waals surface area contributed by atoms with E-state index in [2.05, 4.69) is 15.6 Å². The molecule has 1 aliphatic carbocycles. The van der Waals surface area contributed by atoms with Crippen LogP contribution in [-0.2, 0) is 17.6 Å². The Morgan fingerprint density at radius 2 is 2.00 bits per heavy atom. The van der Waals surface area contributed by atoms with E-state index in [0.717, 1.165) is 24.9 Å². The van der Waals surface area contributed by atoms with Gasteiger partial charge in [0.15, 0.2) is 0 Å². The molecule has 6 heteroatoms. The van der Waals surface area contributed by atoms with Crippen LogP contribution in [0.4, 0.5) is 11.5 Å². The molecule has 2 aromatic rings. The number of benzene rings is 1. The molecule has 0 unspecified atom stereocenters. The number of nitrogens with zero attached hydrogens (tertiary/aromatic N) is 1. The number of carbonyl (C=O) groups excluding carboxylic acids is 2. The van der Waals surface area contributed by atoms with Crippen LogP contribution in [0.2, 0.25) is 0 Å². The molecule has 3 rings (SSSR count). The number of pyridine rings is 1. The Hall–Kier alpha value is -2.73. The Morgan fingerprint density at radius 3 is 2.79 bits per heavy atom. The predicted molar refractivity (Wildman–Crippen MR) is 92.9 cm³/mol. The van der Waals surface area contributed by atoms with E-state index >= 15 is 0 Å². The monoisotopic (exact) mass is 324 g/mol. The van der Waals surface area contributed by atoms with Crippen LogP contribution in [0.15, 0.2) is 36.5 Å². The van der Waals surface area contributed by atoms with Crippen molar-refractivity contribution >= 4 is 23.3 Å². The van der Waals surface area contributed by atoms with E-state index in [0.29, 0.717) is 11.4 Å². The minimum atomic E-state index is -0.239. The lowest BCUT2D eigenvalue weighted by Gasteiger charge is -2.22. The van der Waals surface area contributed by atoms with Gasteiger partial charge in [-0.3, -0.25) is 9.59 Å².